The molecule has 1 fully saturated rings. The summed E-state index contributed by atoms with van der Waals surface area (Å²) in [4.78, 5) is 12.1. The molecule has 4 aromatic rings. The van der Waals surface area contributed by atoms with Crippen molar-refractivity contribution in [2.24, 2.45) is 5.92 Å². The number of aromatic nitrogens is 2. The zero-order chi connectivity index (χ0) is 18.4. The van der Waals surface area contributed by atoms with Crippen molar-refractivity contribution in [1.29, 1.82) is 0 Å². The van der Waals surface area contributed by atoms with Crippen LogP contribution in [0.5, 0.6) is 0 Å². The fourth-order valence-electron chi connectivity index (χ4n) is 3.74. The molecule has 1 aliphatic rings. The van der Waals surface area contributed by atoms with Gasteiger partial charge >= 0.3 is 0 Å². The van der Waals surface area contributed by atoms with E-state index < -0.39 is 0 Å². The largest absolute Gasteiger partial charge is 0.450 e. The smallest absolute Gasteiger partial charge is 0.196 e. The number of hydrogen-bond acceptors (Lipinski definition) is 4. The number of para-hydroxylation sites is 1. The lowest BCUT2D eigenvalue weighted by Gasteiger charge is -2.31. The van der Waals surface area contributed by atoms with Crippen molar-refractivity contribution in [2.75, 3.05) is 18.0 Å². The van der Waals surface area contributed by atoms with Gasteiger partial charge in [0.05, 0.1) is 0 Å². The van der Waals surface area contributed by atoms with Gasteiger partial charge in [-0.05, 0) is 55.2 Å². The number of benzene rings is 2. The summed E-state index contributed by atoms with van der Waals surface area (Å²) in [7, 11) is 0. The van der Waals surface area contributed by atoms with Crippen molar-refractivity contribution in [3.63, 3.8) is 0 Å². The van der Waals surface area contributed by atoms with Crippen LogP contribution in [0.25, 0.3) is 33.5 Å². The van der Waals surface area contributed by atoms with E-state index in [1.54, 1.807) is 0 Å². The summed E-state index contributed by atoms with van der Waals surface area (Å²) in [5, 5.41) is 1.73. The molecule has 0 bridgehead atoms. The molecule has 0 amide bonds. The van der Waals surface area contributed by atoms with Gasteiger partial charge < -0.3 is 9.32 Å². The predicted molar refractivity (Wildman–Crippen MR) is 110 cm³/mol. The third-order valence-corrected chi connectivity index (χ3v) is 5.64. The van der Waals surface area contributed by atoms with Gasteiger partial charge in [-0.3, -0.25) is 0 Å². The molecule has 5 heteroatoms. The molecule has 0 spiro atoms. The summed E-state index contributed by atoms with van der Waals surface area (Å²) >= 11 is 6.06. The van der Waals surface area contributed by atoms with Gasteiger partial charge in [-0.2, -0.15) is 0 Å². The molecule has 0 unspecified atom stereocenters. The number of halogens is 1. The lowest BCUT2D eigenvalue weighted by Crippen LogP contribution is -2.33. The van der Waals surface area contributed by atoms with E-state index in [0.717, 1.165) is 52.5 Å². The number of anilines is 1. The third kappa shape index (κ3) is 2.94. The van der Waals surface area contributed by atoms with Crippen LogP contribution in [0.1, 0.15) is 19.8 Å². The molecular formula is C22H20ClN3O. The van der Waals surface area contributed by atoms with Gasteiger partial charge in [-0.25, -0.2) is 9.97 Å². The first-order valence-corrected chi connectivity index (χ1v) is 9.77. The maximum atomic E-state index is 6.19. The van der Waals surface area contributed by atoms with E-state index >= 15 is 0 Å². The topological polar surface area (TPSA) is 42.2 Å². The Morgan fingerprint density at radius 1 is 1.00 bits per heavy atom. The minimum Gasteiger partial charge on any atom is -0.450 e. The first-order valence-electron chi connectivity index (χ1n) is 9.39. The normalized spacial score (nSPS) is 15.7. The van der Waals surface area contributed by atoms with E-state index in [1.165, 1.54) is 12.8 Å². The van der Waals surface area contributed by atoms with Crippen LogP contribution in [0.2, 0.25) is 5.02 Å². The molecule has 2 aromatic heterocycles. The second kappa shape index (κ2) is 6.54. The molecule has 0 N–H and O–H groups in total. The highest BCUT2D eigenvalue weighted by atomic mass is 35.5. The zero-order valence-electron chi connectivity index (χ0n) is 15.2. The van der Waals surface area contributed by atoms with E-state index in [9.17, 15) is 0 Å². The van der Waals surface area contributed by atoms with Crippen molar-refractivity contribution in [1.82, 2.24) is 9.97 Å². The Balaban J connectivity index is 1.74. The van der Waals surface area contributed by atoms with Crippen molar-refractivity contribution in [3.05, 3.63) is 53.6 Å². The molecule has 1 saturated heterocycles. The van der Waals surface area contributed by atoms with Gasteiger partial charge in [0.2, 0.25) is 0 Å². The highest BCUT2D eigenvalue weighted by molar-refractivity contribution is 6.30. The van der Waals surface area contributed by atoms with Gasteiger partial charge in [0.1, 0.15) is 11.1 Å². The number of nitrogens with zero attached hydrogens (tertiary/aromatic N) is 3. The number of rotatable bonds is 2. The lowest BCUT2D eigenvalue weighted by atomic mass is 9.99. The fourth-order valence-corrected chi connectivity index (χ4v) is 3.87. The maximum absolute atomic E-state index is 6.19. The molecule has 0 saturated carbocycles. The molecule has 5 rings (SSSR count). The Labute approximate surface area is 162 Å². The molecule has 0 radical (unpaired) electrons. The molecular weight excluding hydrogens is 358 g/mol. The molecule has 3 heterocycles. The first-order chi connectivity index (χ1) is 13.2. The van der Waals surface area contributed by atoms with Crippen LogP contribution in [0, 0.1) is 5.92 Å². The second-order valence-corrected chi connectivity index (χ2v) is 7.76. The number of fused-ring (bicyclic) bond motifs is 3. The van der Waals surface area contributed by atoms with Gasteiger partial charge in [0.15, 0.2) is 17.2 Å². The maximum Gasteiger partial charge on any atom is 0.196 e. The van der Waals surface area contributed by atoms with E-state index in [-0.39, 0.29) is 0 Å². The summed E-state index contributed by atoms with van der Waals surface area (Å²) in [6, 6.07) is 15.7. The lowest BCUT2D eigenvalue weighted by molar-refractivity contribution is 0.436. The number of piperidine rings is 1. The molecule has 2 aromatic carbocycles. The Bertz CT molecular complexity index is 1110. The molecule has 0 atom stereocenters. The SMILES string of the molecule is CC1CCN(c2nc(-c3ccc(Cl)cc3)nc3c2oc2ccccc23)CC1. The van der Waals surface area contributed by atoms with Gasteiger partial charge in [-0.15, -0.1) is 0 Å². The molecule has 1 aliphatic heterocycles. The van der Waals surface area contributed by atoms with E-state index in [2.05, 4.69) is 17.9 Å². The fraction of sp³-hybridized carbons (Fsp3) is 0.273. The third-order valence-electron chi connectivity index (χ3n) is 5.39. The first kappa shape index (κ1) is 16.6. The molecule has 136 valence electrons. The summed E-state index contributed by atoms with van der Waals surface area (Å²) in [6.07, 6.45) is 2.34. The van der Waals surface area contributed by atoms with Crippen molar-refractivity contribution in [3.8, 4) is 11.4 Å². The van der Waals surface area contributed by atoms with Crippen LogP contribution in [0.15, 0.2) is 52.9 Å². The highest BCUT2D eigenvalue weighted by Crippen LogP contribution is 2.36. The number of furan rings is 1. The highest BCUT2D eigenvalue weighted by Gasteiger charge is 2.23. The summed E-state index contributed by atoms with van der Waals surface area (Å²) in [5.74, 6) is 2.36. The Kier molecular flexibility index (Phi) is 4.01. The van der Waals surface area contributed by atoms with Crippen LogP contribution in [-0.4, -0.2) is 23.1 Å². The summed E-state index contributed by atoms with van der Waals surface area (Å²) < 4.78 is 6.19. The van der Waals surface area contributed by atoms with Gasteiger partial charge in [-0.1, -0.05) is 30.7 Å². The Hall–Kier alpha value is -2.59. The van der Waals surface area contributed by atoms with E-state index in [0.29, 0.717) is 10.8 Å². The van der Waals surface area contributed by atoms with Crippen molar-refractivity contribution >= 4 is 39.5 Å². The minimum atomic E-state index is 0.707. The predicted octanol–water partition coefficient (Wildman–Crippen LogP) is 5.93. The Morgan fingerprint density at radius 2 is 1.74 bits per heavy atom. The molecule has 4 nitrogen and oxygen atoms in total. The second-order valence-electron chi connectivity index (χ2n) is 7.32. The summed E-state index contributed by atoms with van der Waals surface area (Å²) in [5.41, 5.74) is 3.46. The number of hydrogen-bond donors (Lipinski definition) is 0. The van der Waals surface area contributed by atoms with Crippen LogP contribution >= 0.6 is 11.6 Å². The van der Waals surface area contributed by atoms with E-state index in [4.69, 9.17) is 26.0 Å². The van der Waals surface area contributed by atoms with Crippen molar-refractivity contribution < 1.29 is 4.42 Å². The summed E-state index contributed by atoms with van der Waals surface area (Å²) in [6.45, 7) is 4.29. The van der Waals surface area contributed by atoms with Crippen LogP contribution in [0.3, 0.4) is 0 Å². The van der Waals surface area contributed by atoms with E-state index in [1.807, 2.05) is 42.5 Å². The zero-order valence-corrected chi connectivity index (χ0v) is 15.9. The van der Waals surface area contributed by atoms with Gasteiger partial charge in [0.25, 0.3) is 0 Å². The molecule has 0 aliphatic carbocycles. The minimum absolute atomic E-state index is 0.707. The monoisotopic (exact) mass is 377 g/mol. The quantitative estimate of drug-likeness (QED) is 0.434. The average molecular weight is 378 g/mol. The average Bonchev–Trinajstić information content (AvgIpc) is 3.07. The standard InChI is InChI=1S/C22H20ClN3O/c1-14-10-12-26(13-11-14)22-20-19(17-4-2-3-5-18(17)27-20)24-21(25-22)15-6-8-16(23)9-7-15/h2-9,14H,10-13H2,1H3. The van der Waals surface area contributed by atoms with Crippen molar-refractivity contribution in [2.45, 2.75) is 19.8 Å². The molecule has 27 heavy (non-hydrogen) atoms. The van der Waals surface area contributed by atoms with Crippen LogP contribution in [0.4, 0.5) is 5.82 Å². The van der Waals surface area contributed by atoms with Crippen LogP contribution in [-0.2, 0) is 0 Å². The van der Waals surface area contributed by atoms with Gasteiger partial charge in [0, 0.05) is 29.1 Å². The van der Waals surface area contributed by atoms with Crippen LogP contribution < -0.4 is 4.90 Å². The Morgan fingerprint density at radius 3 is 2.52 bits per heavy atom.